The first-order chi connectivity index (χ1) is 7.93. The molecule has 0 aliphatic rings. The number of rotatable bonds is 2. The van der Waals surface area contributed by atoms with Crippen molar-refractivity contribution < 1.29 is 17.9 Å². The summed E-state index contributed by atoms with van der Waals surface area (Å²) in [5.41, 5.74) is 5.77. The third-order valence-electron chi connectivity index (χ3n) is 1.85. The number of carbonyl (C=O) groups is 1. The highest BCUT2D eigenvalue weighted by molar-refractivity contribution is 7.89. The van der Waals surface area contributed by atoms with Gasteiger partial charge in [0.15, 0.2) is 0 Å². The Hall–Kier alpha value is -2.27. The van der Waals surface area contributed by atoms with Crippen LogP contribution >= 0.6 is 0 Å². The number of hydrogen-bond acceptors (Lipinski definition) is 6. The zero-order valence-electron chi connectivity index (χ0n) is 8.82. The molecule has 0 aliphatic heterocycles. The van der Waals surface area contributed by atoms with E-state index in [0.29, 0.717) is 5.69 Å². The molecule has 0 spiro atoms. The number of nitrogens with zero attached hydrogens (tertiary/aromatic N) is 2. The Bertz CT molecular complexity index is 559. The van der Waals surface area contributed by atoms with Crippen molar-refractivity contribution in [1.29, 1.82) is 5.26 Å². The van der Waals surface area contributed by atoms with Gasteiger partial charge in [0.2, 0.25) is 6.19 Å². The summed E-state index contributed by atoms with van der Waals surface area (Å²) in [6.45, 7) is 0. The number of sulfonamides is 1. The van der Waals surface area contributed by atoms with E-state index in [1.807, 2.05) is 0 Å². The van der Waals surface area contributed by atoms with Gasteiger partial charge in [-0.3, -0.25) is 0 Å². The number of ether oxygens (including phenoxy) is 1. The van der Waals surface area contributed by atoms with Gasteiger partial charge in [-0.1, -0.05) is 4.31 Å². The van der Waals surface area contributed by atoms with Gasteiger partial charge in [0, 0.05) is 5.69 Å². The van der Waals surface area contributed by atoms with Crippen molar-refractivity contribution in [2.24, 2.45) is 0 Å². The van der Waals surface area contributed by atoms with Gasteiger partial charge in [-0.25, -0.2) is 4.79 Å². The summed E-state index contributed by atoms with van der Waals surface area (Å²) >= 11 is 0. The summed E-state index contributed by atoms with van der Waals surface area (Å²) in [5, 5.41) is 8.65. The molecule has 0 fully saturated rings. The van der Waals surface area contributed by atoms with Crippen LogP contribution in [0, 0.1) is 11.5 Å². The number of anilines is 1. The maximum atomic E-state index is 11.8. The molecule has 0 unspecified atom stereocenters. The van der Waals surface area contributed by atoms with Gasteiger partial charge in [-0.2, -0.15) is 13.7 Å². The zero-order chi connectivity index (χ0) is 13.1. The van der Waals surface area contributed by atoms with Crippen molar-refractivity contribution in [3.8, 4) is 6.19 Å². The van der Waals surface area contributed by atoms with Crippen LogP contribution in [0.1, 0.15) is 0 Å². The smallest absolute Gasteiger partial charge is 0.437 e. The minimum atomic E-state index is -4.24. The van der Waals surface area contributed by atoms with E-state index in [1.165, 1.54) is 30.5 Å². The molecule has 0 radical (unpaired) electrons. The van der Waals surface area contributed by atoms with Gasteiger partial charge < -0.3 is 10.5 Å². The highest BCUT2D eigenvalue weighted by Crippen LogP contribution is 2.17. The molecule has 0 heterocycles. The van der Waals surface area contributed by atoms with E-state index in [0.717, 1.165) is 7.11 Å². The first-order valence-electron chi connectivity index (χ1n) is 4.32. The summed E-state index contributed by atoms with van der Waals surface area (Å²) in [7, 11) is -3.26. The van der Waals surface area contributed by atoms with Crippen molar-refractivity contribution in [2.45, 2.75) is 4.90 Å². The molecule has 1 aromatic carbocycles. The van der Waals surface area contributed by atoms with Gasteiger partial charge in [-0.15, -0.1) is 0 Å². The fourth-order valence-corrected chi connectivity index (χ4v) is 2.09. The summed E-state index contributed by atoms with van der Waals surface area (Å²) in [5.74, 6) is 0. The molecule has 8 heteroatoms. The van der Waals surface area contributed by atoms with Crippen molar-refractivity contribution in [2.75, 3.05) is 12.8 Å². The second-order valence-electron chi connectivity index (χ2n) is 2.91. The second kappa shape index (κ2) is 4.71. The van der Waals surface area contributed by atoms with Gasteiger partial charge >= 0.3 is 6.09 Å². The Morgan fingerprint density at radius 1 is 1.41 bits per heavy atom. The minimum absolute atomic E-state index is 0.0431. The third-order valence-corrected chi connectivity index (χ3v) is 3.43. The fourth-order valence-electron chi connectivity index (χ4n) is 1.02. The van der Waals surface area contributed by atoms with E-state index in [9.17, 15) is 13.2 Å². The normalized spacial score (nSPS) is 10.4. The van der Waals surface area contributed by atoms with E-state index >= 15 is 0 Å². The molecule has 1 rings (SSSR count). The van der Waals surface area contributed by atoms with Crippen LogP contribution in [0.15, 0.2) is 29.2 Å². The lowest BCUT2D eigenvalue weighted by atomic mass is 10.3. The lowest BCUT2D eigenvalue weighted by molar-refractivity contribution is 0.159. The predicted molar refractivity (Wildman–Crippen MR) is 57.9 cm³/mol. The average molecular weight is 255 g/mol. The zero-order valence-corrected chi connectivity index (χ0v) is 9.64. The number of carbonyl (C=O) groups excluding carboxylic acids is 1. The summed E-state index contributed by atoms with van der Waals surface area (Å²) in [6.07, 6.45) is -0.0281. The lowest BCUT2D eigenvalue weighted by Crippen LogP contribution is -2.32. The van der Waals surface area contributed by atoms with E-state index in [1.54, 1.807) is 0 Å². The van der Waals surface area contributed by atoms with E-state index < -0.39 is 16.1 Å². The molecular formula is C9H9N3O4S. The Morgan fingerprint density at radius 3 is 2.35 bits per heavy atom. The Balaban J connectivity index is 3.23. The molecule has 90 valence electrons. The largest absolute Gasteiger partial charge is 0.451 e. The number of benzene rings is 1. The van der Waals surface area contributed by atoms with Crippen LogP contribution in [-0.2, 0) is 14.8 Å². The molecule has 0 atom stereocenters. The van der Waals surface area contributed by atoms with Crippen LogP contribution in [0.3, 0.4) is 0 Å². The van der Waals surface area contributed by atoms with Crippen molar-refractivity contribution in [1.82, 2.24) is 4.31 Å². The number of methoxy groups -OCH3 is 1. The first-order valence-corrected chi connectivity index (χ1v) is 5.76. The van der Waals surface area contributed by atoms with Crippen LogP contribution in [0.5, 0.6) is 0 Å². The van der Waals surface area contributed by atoms with Crippen LogP contribution < -0.4 is 5.73 Å². The van der Waals surface area contributed by atoms with Crippen molar-refractivity contribution in [3.05, 3.63) is 24.3 Å². The molecule has 0 aliphatic carbocycles. The maximum absolute atomic E-state index is 11.8. The van der Waals surface area contributed by atoms with Gasteiger partial charge in [0.25, 0.3) is 10.0 Å². The van der Waals surface area contributed by atoms with Crippen LogP contribution in [-0.4, -0.2) is 25.9 Å². The SMILES string of the molecule is COC(=O)N(C#N)S(=O)(=O)c1ccc(N)cc1. The van der Waals surface area contributed by atoms with Gasteiger partial charge in [0.05, 0.1) is 12.0 Å². The van der Waals surface area contributed by atoms with Crippen LogP contribution in [0.2, 0.25) is 0 Å². The number of nitriles is 1. The second-order valence-corrected chi connectivity index (χ2v) is 4.70. The predicted octanol–water partition coefficient (Wildman–Crippen LogP) is 0.507. The molecular weight excluding hydrogens is 246 g/mol. The molecule has 7 nitrogen and oxygen atoms in total. The Labute approximate surface area is 98.1 Å². The van der Waals surface area contributed by atoms with Gasteiger partial charge in [0.1, 0.15) is 0 Å². The number of hydrogen-bond donors (Lipinski definition) is 1. The fraction of sp³-hybridized carbons (Fsp3) is 0.111. The average Bonchev–Trinajstić information content (AvgIpc) is 2.29. The van der Waals surface area contributed by atoms with E-state index in [2.05, 4.69) is 4.74 Å². The Kier molecular flexibility index (Phi) is 3.55. The van der Waals surface area contributed by atoms with Gasteiger partial charge in [-0.05, 0) is 24.3 Å². The molecule has 0 aromatic heterocycles. The number of nitrogens with two attached hydrogens (primary N) is 1. The minimum Gasteiger partial charge on any atom is -0.451 e. The van der Waals surface area contributed by atoms with Crippen LogP contribution in [0.4, 0.5) is 10.5 Å². The molecule has 1 aromatic rings. The summed E-state index contributed by atoms with van der Waals surface area (Å²) < 4.78 is 27.8. The molecule has 1 amide bonds. The standard InChI is InChI=1S/C9H9N3O4S/c1-16-9(13)12(6-10)17(14,15)8-4-2-7(11)3-5-8/h2-5H,11H2,1H3. The van der Waals surface area contributed by atoms with E-state index in [4.69, 9.17) is 11.0 Å². The highest BCUT2D eigenvalue weighted by Gasteiger charge is 2.30. The van der Waals surface area contributed by atoms with E-state index in [-0.39, 0.29) is 9.20 Å². The third kappa shape index (κ3) is 2.46. The molecule has 0 bridgehead atoms. The molecule has 0 saturated carbocycles. The molecule has 17 heavy (non-hydrogen) atoms. The first kappa shape index (κ1) is 12.8. The maximum Gasteiger partial charge on any atom is 0.437 e. The number of nitrogen functional groups attached to an aromatic ring is 1. The van der Waals surface area contributed by atoms with Crippen molar-refractivity contribution in [3.63, 3.8) is 0 Å². The molecule has 2 N–H and O–H groups in total. The highest BCUT2D eigenvalue weighted by atomic mass is 32.2. The number of amides is 1. The monoisotopic (exact) mass is 255 g/mol. The van der Waals surface area contributed by atoms with Crippen molar-refractivity contribution >= 4 is 21.8 Å². The topological polar surface area (TPSA) is 113 Å². The molecule has 0 saturated heterocycles. The summed E-state index contributed by atoms with van der Waals surface area (Å²) in [6, 6.07) is 5.08. The summed E-state index contributed by atoms with van der Waals surface area (Å²) in [4.78, 5) is 10.9. The quantitative estimate of drug-likeness (QED) is 0.468. The Morgan fingerprint density at radius 2 is 1.94 bits per heavy atom. The lowest BCUT2D eigenvalue weighted by Gasteiger charge is -2.12. The van der Waals surface area contributed by atoms with Crippen LogP contribution in [0.25, 0.3) is 0 Å².